The molecule has 2 aromatic carbocycles. The molecular formula is C22H22N2O5S. The first-order chi connectivity index (χ1) is 14.3. The minimum absolute atomic E-state index is 0.249. The van der Waals surface area contributed by atoms with E-state index in [0.717, 1.165) is 33.4 Å². The molecule has 156 valence electrons. The van der Waals surface area contributed by atoms with E-state index in [1.54, 1.807) is 37.5 Å². The van der Waals surface area contributed by atoms with Crippen LogP contribution in [0.4, 0.5) is 10.5 Å². The van der Waals surface area contributed by atoms with Crippen molar-refractivity contribution in [2.45, 2.75) is 13.8 Å². The summed E-state index contributed by atoms with van der Waals surface area (Å²) in [6.07, 6.45) is 1.63. The highest BCUT2D eigenvalue weighted by atomic mass is 32.2. The lowest BCUT2D eigenvalue weighted by Gasteiger charge is -2.13. The number of nitrogens with zero attached hydrogens (tertiary/aromatic N) is 1. The Bertz CT molecular complexity index is 1030. The number of amides is 3. The van der Waals surface area contributed by atoms with Crippen LogP contribution in [0.3, 0.4) is 0 Å². The van der Waals surface area contributed by atoms with E-state index in [9.17, 15) is 14.4 Å². The minimum atomic E-state index is -0.502. The van der Waals surface area contributed by atoms with Crippen LogP contribution in [0.1, 0.15) is 16.7 Å². The van der Waals surface area contributed by atoms with E-state index in [1.165, 1.54) is 7.11 Å². The van der Waals surface area contributed by atoms with Gasteiger partial charge in [0, 0.05) is 5.69 Å². The van der Waals surface area contributed by atoms with Crippen LogP contribution < -0.4 is 14.8 Å². The van der Waals surface area contributed by atoms with Crippen molar-refractivity contribution in [1.82, 2.24) is 4.90 Å². The second kappa shape index (κ2) is 9.04. The summed E-state index contributed by atoms with van der Waals surface area (Å²) in [5.41, 5.74) is 3.25. The van der Waals surface area contributed by atoms with Crippen molar-refractivity contribution in [2.75, 3.05) is 26.1 Å². The van der Waals surface area contributed by atoms with Crippen molar-refractivity contribution in [1.29, 1.82) is 0 Å². The smallest absolute Gasteiger partial charge is 0.294 e. The molecule has 1 fully saturated rings. The Balaban J connectivity index is 1.76. The molecule has 3 rings (SSSR count). The molecule has 0 bridgehead atoms. The molecule has 1 saturated heterocycles. The molecule has 1 aliphatic heterocycles. The Morgan fingerprint density at radius 1 is 1.07 bits per heavy atom. The van der Waals surface area contributed by atoms with E-state index in [2.05, 4.69) is 5.32 Å². The summed E-state index contributed by atoms with van der Waals surface area (Å²) in [7, 11) is 3.07. The van der Waals surface area contributed by atoms with Gasteiger partial charge in [-0.15, -0.1) is 0 Å². The largest absolute Gasteiger partial charge is 0.493 e. The fourth-order valence-electron chi connectivity index (χ4n) is 2.91. The first-order valence-electron chi connectivity index (χ1n) is 9.17. The Morgan fingerprint density at radius 2 is 1.70 bits per heavy atom. The highest BCUT2D eigenvalue weighted by Gasteiger charge is 2.36. The molecule has 0 radical (unpaired) electrons. The van der Waals surface area contributed by atoms with Crippen LogP contribution in [0, 0.1) is 13.8 Å². The summed E-state index contributed by atoms with van der Waals surface area (Å²) < 4.78 is 10.6. The fraction of sp³-hybridized carbons (Fsp3) is 0.227. The maximum atomic E-state index is 12.7. The van der Waals surface area contributed by atoms with E-state index in [4.69, 9.17) is 9.47 Å². The van der Waals surface area contributed by atoms with Crippen molar-refractivity contribution in [3.05, 3.63) is 58.0 Å². The zero-order valence-electron chi connectivity index (χ0n) is 17.1. The minimum Gasteiger partial charge on any atom is -0.493 e. The Hall–Kier alpha value is -3.26. The van der Waals surface area contributed by atoms with Gasteiger partial charge in [0.1, 0.15) is 6.54 Å². The number of imide groups is 1. The summed E-state index contributed by atoms with van der Waals surface area (Å²) in [5.74, 6) is 0.155. The number of anilines is 1. The molecule has 1 aliphatic rings. The average molecular weight is 426 g/mol. The Kier molecular flexibility index (Phi) is 6.47. The summed E-state index contributed by atoms with van der Waals surface area (Å²) in [6, 6.07) is 10.8. The first-order valence-corrected chi connectivity index (χ1v) is 9.98. The quantitative estimate of drug-likeness (QED) is 0.703. The Labute approximate surface area is 179 Å². The third-order valence-corrected chi connectivity index (χ3v) is 5.48. The van der Waals surface area contributed by atoms with Crippen LogP contribution in [0.25, 0.3) is 6.08 Å². The zero-order valence-corrected chi connectivity index (χ0v) is 18.0. The third-order valence-electron chi connectivity index (χ3n) is 4.57. The normalized spacial score (nSPS) is 14.9. The van der Waals surface area contributed by atoms with Crippen LogP contribution in [0.2, 0.25) is 0 Å². The number of carbonyl (C=O) groups excluding carboxylic acids is 3. The second-order valence-electron chi connectivity index (χ2n) is 6.75. The van der Waals surface area contributed by atoms with Gasteiger partial charge in [0.25, 0.3) is 11.1 Å². The highest BCUT2D eigenvalue weighted by Crippen LogP contribution is 2.35. The van der Waals surface area contributed by atoms with E-state index in [-0.39, 0.29) is 11.4 Å². The summed E-state index contributed by atoms with van der Waals surface area (Å²) in [4.78, 5) is 38.5. The molecule has 8 heteroatoms. The number of ether oxygens (including phenoxy) is 2. The number of aryl methyl sites for hydroxylation is 2. The SMILES string of the molecule is COc1cc(C)c(C=C2SC(=O)N(CC(=O)Nc3ccc(C)cc3)C2=O)cc1OC. The summed E-state index contributed by atoms with van der Waals surface area (Å²) >= 11 is 0.805. The standard InChI is InChI=1S/C22H22N2O5S/c1-13-5-7-16(8-6-13)23-20(25)12-24-21(26)19(30-22(24)27)11-15-10-18(29-4)17(28-3)9-14(15)2/h5-11H,12H2,1-4H3,(H,23,25). The number of benzene rings is 2. The molecule has 0 atom stereocenters. The predicted molar refractivity (Wildman–Crippen MR) is 117 cm³/mol. The molecule has 0 unspecified atom stereocenters. The number of hydrogen-bond donors (Lipinski definition) is 1. The van der Waals surface area contributed by atoms with Crippen molar-refractivity contribution in [3.63, 3.8) is 0 Å². The molecule has 1 N–H and O–H groups in total. The van der Waals surface area contributed by atoms with E-state index in [0.29, 0.717) is 17.2 Å². The van der Waals surface area contributed by atoms with Gasteiger partial charge in [-0.3, -0.25) is 19.3 Å². The van der Waals surface area contributed by atoms with Crippen LogP contribution in [-0.2, 0) is 9.59 Å². The number of thioether (sulfide) groups is 1. The lowest BCUT2D eigenvalue weighted by molar-refractivity contribution is -0.127. The van der Waals surface area contributed by atoms with Crippen molar-refractivity contribution in [2.24, 2.45) is 0 Å². The lowest BCUT2D eigenvalue weighted by Crippen LogP contribution is -2.36. The summed E-state index contributed by atoms with van der Waals surface area (Å²) in [6.45, 7) is 3.46. The van der Waals surface area contributed by atoms with Gasteiger partial charge < -0.3 is 14.8 Å². The van der Waals surface area contributed by atoms with Gasteiger partial charge in [-0.2, -0.15) is 0 Å². The van der Waals surface area contributed by atoms with Crippen molar-refractivity contribution >= 4 is 40.6 Å². The van der Waals surface area contributed by atoms with Gasteiger partial charge in [0.05, 0.1) is 19.1 Å². The molecule has 1 heterocycles. The van der Waals surface area contributed by atoms with E-state index >= 15 is 0 Å². The topological polar surface area (TPSA) is 84.9 Å². The van der Waals surface area contributed by atoms with E-state index in [1.807, 2.05) is 26.0 Å². The van der Waals surface area contributed by atoms with Gasteiger partial charge in [-0.1, -0.05) is 17.7 Å². The number of rotatable bonds is 6. The number of nitrogens with one attached hydrogen (secondary N) is 1. The molecule has 30 heavy (non-hydrogen) atoms. The Morgan fingerprint density at radius 3 is 2.33 bits per heavy atom. The highest BCUT2D eigenvalue weighted by molar-refractivity contribution is 8.18. The van der Waals surface area contributed by atoms with Gasteiger partial charge in [-0.05, 0) is 67.1 Å². The van der Waals surface area contributed by atoms with Crippen LogP contribution in [0.5, 0.6) is 11.5 Å². The monoisotopic (exact) mass is 426 g/mol. The second-order valence-corrected chi connectivity index (χ2v) is 7.74. The molecule has 2 aromatic rings. The van der Waals surface area contributed by atoms with Crippen LogP contribution in [0.15, 0.2) is 41.3 Å². The van der Waals surface area contributed by atoms with Crippen LogP contribution >= 0.6 is 11.8 Å². The number of hydrogen-bond acceptors (Lipinski definition) is 6. The van der Waals surface area contributed by atoms with Crippen molar-refractivity contribution < 1.29 is 23.9 Å². The summed E-state index contributed by atoms with van der Waals surface area (Å²) in [5, 5.41) is 2.21. The van der Waals surface area contributed by atoms with Crippen molar-refractivity contribution in [3.8, 4) is 11.5 Å². The van der Waals surface area contributed by atoms with Gasteiger partial charge in [0.2, 0.25) is 5.91 Å². The maximum Gasteiger partial charge on any atom is 0.294 e. The zero-order chi connectivity index (χ0) is 21.8. The average Bonchev–Trinajstić information content (AvgIpc) is 2.98. The molecule has 0 spiro atoms. The molecule has 0 aromatic heterocycles. The maximum absolute atomic E-state index is 12.7. The van der Waals surface area contributed by atoms with Gasteiger partial charge in [0.15, 0.2) is 11.5 Å². The molecular weight excluding hydrogens is 404 g/mol. The third kappa shape index (κ3) is 4.65. The number of methoxy groups -OCH3 is 2. The predicted octanol–water partition coefficient (Wildman–Crippen LogP) is 4.00. The first kappa shape index (κ1) is 21.4. The molecule has 3 amide bonds. The lowest BCUT2D eigenvalue weighted by atomic mass is 10.1. The van der Waals surface area contributed by atoms with E-state index < -0.39 is 17.1 Å². The van der Waals surface area contributed by atoms with Gasteiger partial charge >= 0.3 is 0 Å². The van der Waals surface area contributed by atoms with Crippen LogP contribution in [-0.4, -0.2) is 42.7 Å². The van der Waals surface area contributed by atoms with Gasteiger partial charge in [-0.25, -0.2) is 0 Å². The molecule has 7 nitrogen and oxygen atoms in total. The fourth-order valence-corrected chi connectivity index (χ4v) is 3.74. The number of carbonyl (C=O) groups is 3. The molecule has 0 aliphatic carbocycles. The molecule has 0 saturated carbocycles.